The van der Waals surface area contributed by atoms with Gasteiger partial charge in [-0.1, -0.05) is 56.3 Å². The van der Waals surface area contributed by atoms with Crippen LogP contribution >= 0.6 is 0 Å². The number of hydrogen-bond donors (Lipinski definition) is 1. The fraction of sp³-hybridized carbons (Fsp3) is 0.444. The molecule has 6 nitrogen and oxygen atoms in total. The quantitative estimate of drug-likeness (QED) is 0.939. The van der Waals surface area contributed by atoms with Crippen molar-refractivity contribution in [1.82, 2.24) is 10.1 Å². The molecule has 6 heteroatoms. The first-order chi connectivity index (χ1) is 11.3. The monoisotopic (exact) mass is 329 g/mol. The molecule has 2 heterocycles. The molecule has 1 fully saturated rings. The number of aliphatic hydroxyl groups is 1. The fourth-order valence-corrected chi connectivity index (χ4v) is 2.76. The van der Waals surface area contributed by atoms with Crippen LogP contribution in [0.15, 0.2) is 40.9 Å². The van der Waals surface area contributed by atoms with Crippen LogP contribution in [0.1, 0.15) is 39.0 Å². The van der Waals surface area contributed by atoms with E-state index < -0.39 is 6.23 Å². The molecule has 0 spiro atoms. The van der Waals surface area contributed by atoms with Crippen LogP contribution in [-0.2, 0) is 12.0 Å². The number of hydrogen-bond acceptors (Lipinski definition) is 4. The minimum absolute atomic E-state index is 0.214. The van der Waals surface area contributed by atoms with Crippen LogP contribution in [0.5, 0.6) is 0 Å². The molecule has 1 aliphatic heterocycles. The maximum Gasteiger partial charge on any atom is 0.328 e. The molecule has 24 heavy (non-hydrogen) atoms. The van der Waals surface area contributed by atoms with Gasteiger partial charge in [-0.2, -0.15) is 0 Å². The molecule has 2 unspecified atom stereocenters. The standard InChI is InChI=1S/C18H23N3O3/c1-12-16(22)21(15-10-14(24-19-15)18(2,3)4)17(23)20(12)11-13-8-6-5-7-9-13/h5-10,12,16,22H,11H2,1-4H3. The number of aromatic nitrogens is 1. The number of anilines is 1. The molecule has 3 rings (SSSR count). The summed E-state index contributed by atoms with van der Waals surface area (Å²) < 4.78 is 5.35. The lowest BCUT2D eigenvalue weighted by Gasteiger charge is -2.20. The number of aliphatic hydroxyl groups excluding tert-OH is 1. The number of rotatable bonds is 3. The number of carbonyl (C=O) groups excluding carboxylic acids is 1. The van der Waals surface area contributed by atoms with Crippen molar-refractivity contribution in [3.63, 3.8) is 0 Å². The van der Waals surface area contributed by atoms with Gasteiger partial charge in [0.05, 0.1) is 6.04 Å². The Morgan fingerprint density at radius 3 is 2.50 bits per heavy atom. The molecule has 0 aliphatic carbocycles. The molecule has 1 aromatic heterocycles. The minimum Gasteiger partial charge on any atom is -0.371 e. The van der Waals surface area contributed by atoms with E-state index in [0.29, 0.717) is 18.1 Å². The van der Waals surface area contributed by atoms with Gasteiger partial charge in [0.25, 0.3) is 0 Å². The van der Waals surface area contributed by atoms with Crippen LogP contribution < -0.4 is 4.90 Å². The van der Waals surface area contributed by atoms with Crippen molar-refractivity contribution >= 4 is 11.8 Å². The van der Waals surface area contributed by atoms with Crippen molar-refractivity contribution in [3.8, 4) is 0 Å². The molecular weight excluding hydrogens is 306 g/mol. The fourth-order valence-electron chi connectivity index (χ4n) is 2.76. The van der Waals surface area contributed by atoms with Gasteiger partial charge in [0.2, 0.25) is 0 Å². The average molecular weight is 329 g/mol. The van der Waals surface area contributed by atoms with Gasteiger partial charge in [-0.25, -0.2) is 9.69 Å². The van der Waals surface area contributed by atoms with Gasteiger partial charge >= 0.3 is 6.03 Å². The molecular formula is C18H23N3O3. The van der Waals surface area contributed by atoms with Gasteiger partial charge in [-0.05, 0) is 12.5 Å². The van der Waals surface area contributed by atoms with E-state index in [4.69, 9.17) is 4.52 Å². The predicted molar refractivity (Wildman–Crippen MR) is 90.5 cm³/mol. The minimum atomic E-state index is -0.959. The van der Waals surface area contributed by atoms with Crippen LogP contribution in [0.2, 0.25) is 0 Å². The Balaban J connectivity index is 1.85. The van der Waals surface area contributed by atoms with Crippen LogP contribution in [0.25, 0.3) is 0 Å². The second kappa shape index (κ2) is 5.94. The second-order valence-electron chi connectivity index (χ2n) is 7.22. The summed E-state index contributed by atoms with van der Waals surface area (Å²) in [5.41, 5.74) is 0.802. The van der Waals surface area contributed by atoms with Crippen molar-refractivity contribution in [2.24, 2.45) is 0 Å². The van der Waals surface area contributed by atoms with Crippen molar-refractivity contribution in [2.75, 3.05) is 4.90 Å². The summed E-state index contributed by atoms with van der Waals surface area (Å²) in [6.45, 7) is 8.28. The number of benzene rings is 1. The first kappa shape index (κ1) is 16.5. The molecule has 1 aromatic carbocycles. The molecule has 0 radical (unpaired) electrons. The second-order valence-corrected chi connectivity index (χ2v) is 7.22. The maximum atomic E-state index is 12.8. The number of urea groups is 1. The molecule has 1 saturated heterocycles. The van der Waals surface area contributed by atoms with Crippen molar-refractivity contribution in [3.05, 3.63) is 47.7 Å². The van der Waals surface area contributed by atoms with Gasteiger partial charge in [-0.15, -0.1) is 0 Å². The van der Waals surface area contributed by atoms with Crippen molar-refractivity contribution in [2.45, 2.75) is 51.9 Å². The Morgan fingerprint density at radius 2 is 1.92 bits per heavy atom. The van der Waals surface area contributed by atoms with Crippen molar-refractivity contribution in [1.29, 1.82) is 0 Å². The van der Waals surface area contributed by atoms with E-state index in [9.17, 15) is 9.90 Å². The van der Waals surface area contributed by atoms with E-state index in [1.54, 1.807) is 11.0 Å². The summed E-state index contributed by atoms with van der Waals surface area (Å²) in [7, 11) is 0. The average Bonchev–Trinajstić information content (AvgIpc) is 3.09. The molecule has 2 aromatic rings. The predicted octanol–water partition coefficient (Wildman–Crippen LogP) is 3.12. The highest BCUT2D eigenvalue weighted by molar-refractivity contribution is 5.94. The van der Waals surface area contributed by atoms with Gasteiger partial charge in [0.1, 0.15) is 5.76 Å². The van der Waals surface area contributed by atoms with Gasteiger partial charge < -0.3 is 14.5 Å². The van der Waals surface area contributed by atoms with E-state index in [1.807, 2.05) is 58.0 Å². The Morgan fingerprint density at radius 1 is 1.25 bits per heavy atom. The largest absolute Gasteiger partial charge is 0.371 e. The Hall–Kier alpha value is -2.34. The van der Waals surface area contributed by atoms with Crippen LogP contribution in [0, 0.1) is 0 Å². The Kier molecular flexibility index (Phi) is 4.09. The molecule has 2 amide bonds. The van der Waals surface area contributed by atoms with Gasteiger partial charge in [0, 0.05) is 18.0 Å². The van der Waals surface area contributed by atoms with E-state index in [-0.39, 0.29) is 17.5 Å². The third kappa shape index (κ3) is 2.89. The molecule has 1 N–H and O–H groups in total. The maximum absolute atomic E-state index is 12.8. The van der Waals surface area contributed by atoms with E-state index in [2.05, 4.69) is 5.16 Å². The molecule has 0 saturated carbocycles. The van der Waals surface area contributed by atoms with Crippen LogP contribution in [0.4, 0.5) is 10.6 Å². The lowest BCUT2D eigenvalue weighted by molar-refractivity contribution is 0.125. The number of amides is 2. The van der Waals surface area contributed by atoms with E-state index in [0.717, 1.165) is 5.56 Å². The molecule has 128 valence electrons. The third-order valence-electron chi connectivity index (χ3n) is 4.32. The highest BCUT2D eigenvalue weighted by atomic mass is 16.5. The lowest BCUT2D eigenvalue weighted by atomic mass is 9.93. The first-order valence-electron chi connectivity index (χ1n) is 8.08. The van der Waals surface area contributed by atoms with Gasteiger partial charge in [-0.3, -0.25) is 0 Å². The summed E-state index contributed by atoms with van der Waals surface area (Å²) in [6.07, 6.45) is -0.959. The van der Waals surface area contributed by atoms with E-state index in [1.165, 1.54) is 4.90 Å². The molecule has 2 atom stereocenters. The highest BCUT2D eigenvalue weighted by Crippen LogP contribution is 2.32. The highest BCUT2D eigenvalue weighted by Gasteiger charge is 2.44. The zero-order valence-electron chi connectivity index (χ0n) is 14.4. The zero-order valence-corrected chi connectivity index (χ0v) is 14.4. The van der Waals surface area contributed by atoms with Gasteiger partial charge in [0.15, 0.2) is 12.0 Å². The smallest absolute Gasteiger partial charge is 0.328 e. The summed E-state index contributed by atoms with van der Waals surface area (Å²) in [5.74, 6) is 1.02. The Labute approximate surface area is 141 Å². The summed E-state index contributed by atoms with van der Waals surface area (Å²) in [5, 5.41) is 14.5. The lowest BCUT2D eigenvalue weighted by Crippen LogP contribution is -2.35. The number of carbonyl (C=O) groups is 1. The summed E-state index contributed by atoms with van der Waals surface area (Å²) >= 11 is 0. The first-order valence-corrected chi connectivity index (χ1v) is 8.08. The topological polar surface area (TPSA) is 69.8 Å². The summed E-state index contributed by atoms with van der Waals surface area (Å²) in [6, 6.07) is 10.8. The normalized spacial score (nSPS) is 21.6. The van der Waals surface area contributed by atoms with Crippen LogP contribution in [0.3, 0.4) is 0 Å². The van der Waals surface area contributed by atoms with Crippen molar-refractivity contribution < 1.29 is 14.4 Å². The van der Waals surface area contributed by atoms with Crippen LogP contribution in [-0.4, -0.2) is 33.5 Å². The number of nitrogens with zero attached hydrogens (tertiary/aromatic N) is 3. The molecule has 1 aliphatic rings. The summed E-state index contributed by atoms with van der Waals surface area (Å²) in [4.78, 5) is 15.7. The third-order valence-corrected chi connectivity index (χ3v) is 4.32. The molecule has 0 bridgehead atoms. The Bertz CT molecular complexity index is 721. The SMILES string of the molecule is CC1C(O)N(c2cc(C(C)(C)C)on2)C(=O)N1Cc1ccccc1. The zero-order chi connectivity index (χ0) is 17.5. The van der Waals surface area contributed by atoms with E-state index >= 15 is 0 Å².